The van der Waals surface area contributed by atoms with Gasteiger partial charge in [0.05, 0.1) is 0 Å². The summed E-state index contributed by atoms with van der Waals surface area (Å²) in [5, 5.41) is 0. The molecule has 3 heteroatoms. The first kappa shape index (κ1) is 18.1. The molecule has 0 atom stereocenters. The molecule has 0 amide bonds. The summed E-state index contributed by atoms with van der Waals surface area (Å²) in [6, 6.07) is 10.3. The Balaban J connectivity index is 0.00000100. The van der Waals surface area contributed by atoms with E-state index in [1.807, 2.05) is 20.8 Å². The molecule has 0 saturated heterocycles. The zero-order chi connectivity index (χ0) is 17.7. The monoisotopic (exact) mass is 330 g/mol. The minimum Gasteiger partial charge on any atom is -0.207 e. The van der Waals surface area contributed by atoms with Gasteiger partial charge in [-0.15, -0.1) is 0 Å². The Morgan fingerprint density at radius 3 is 2.00 bits per heavy atom. The molecule has 1 aliphatic rings. The van der Waals surface area contributed by atoms with Crippen LogP contribution in [0.3, 0.4) is 0 Å². The highest BCUT2D eigenvalue weighted by molar-refractivity contribution is 5.74. The van der Waals surface area contributed by atoms with Crippen molar-refractivity contribution < 1.29 is 13.2 Å². The summed E-state index contributed by atoms with van der Waals surface area (Å²) in [5.41, 5.74) is 3.07. The minimum absolute atomic E-state index is 0.294. The van der Waals surface area contributed by atoms with Crippen molar-refractivity contribution in [1.82, 2.24) is 0 Å². The van der Waals surface area contributed by atoms with E-state index in [2.05, 4.69) is 0 Å². The maximum Gasteiger partial charge on any atom is 0.131 e. The van der Waals surface area contributed by atoms with Crippen molar-refractivity contribution in [1.29, 1.82) is 0 Å². The lowest BCUT2D eigenvalue weighted by atomic mass is 9.92. The largest absolute Gasteiger partial charge is 0.207 e. The summed E-state index contributed by atoms with van der Waals surface area (Å²) in [6.07, 6.45) is 2.86. The number of benzene rings is 2. The fourth-order valence-corrected chi connectivity index (χ4v) is 2.67. The molecule has 0 fully saturated rings. The van der Waals surface area contributed by atoms with Gasteiger partial charge in [-0.2, -0.15) is 0 Å². The fourth-order valence-electron chi connectivity index (χ4n) is 2.67. The Kier molecular flexibility index (Phi) is 6.02. The van der Waals surface area contributed by atoms with Gasteiger partial charge >= 0.3 is 0 Å². The summed E-state index contributed by atoms with van der Waals surface area (Å²) < 4.78 is 41.3. The van der Waals surface area contributed by atoms with Crippen LogP contribution in [0.25, 0.3) is 16.7 Å². The van der Waals surface area contributed by atoms with Crippen LogP contribution in [0.1, 0.15) is 39.2 Å². The van der Waals surface area contributed by atoms with Gasteiger partial charge in [-0.1, -0.05) is 43.7 Å². The second-order valence-corrected chi connectivity index (χ2v) is 5.52. The molecule has 0 nitrogen and oxygen atoms in total. The predicted molar refractivity (Wildman–Crippen MR) is 94.2 cm³/mol. The summed E-state index contributed by atoms with van der Waals surface area (Å²) in [4.78, 5) is 0. The van der Waals surface area contributed by atoms with E-state index in [1.165, 1.54) is 36.4 Å². The van der Waals surface area contributed by atoms with E-state index in [4.69, 9.17) is 0 Å². The van der Waals surface area contributed by atoms with Crippen LogP contribution in [0, 0.1) is 11.6 Å². The van der Waals surface area contributed by atoms with Gasteiger partial charge in [-0.3, -0.25) is 0 Å². The maximum atomic E-state index is 14.3. The van der Waals surface area contributed by atoms with Crippen LogP contribution in [-0.4, -0.2) is 0 Å². The molecule has 0 unspecified atom stereocenters. The lowest BCUT2D eigenvalue weighted by molar-refractivity contribution is 0.625. The van der Waals surface area contributed by atoms with Gasteiger partial charge in [-0.25, -0.2) is 13.2 Å². The molecule has 0 heterocycles. The molecule has 0 N–H and O–H groups in total. The van der Waals surface area contributed by atoms with Crippen LogP contribution < -0.4 is 0 Å². The molecule has 1 aliphatic carbocycles. The molecular formula is C21H21F3. The van der Waals surface area contributed by atoms with Crippen molar-refractivity contribution in [2.45, 2.75) is 33.6 Å². The van der Waals surface area contributed by atoms with Crippen LogP contribution in [0.2, 0.25) is 0 Å². The second-order valence-electron chi connectivity index (χ2n) is 5.52. The van der Waals surface area contributed by atoms with E-state index in [9.17, 15) is 13.2 Å². The molecule has 0 radical (unpaired) electrons. The van der Waals surface area contributed by atoms with Crippen LogP contribution in [0.15, 0.2) is 59.9 Å². The van der Waals surface area contributed by atoms with Crippen molar-refractivity contribution in [2.24, 2.45) is 0 Å². The highest BCUT2D eigenvalue weighted by Crippen LogP contribution is 2.34. The number of hydrogen-bond acceptors (Lipinski definition) is 0. The van der Waals surface area contributed by atoms with Crippen molar-refractivity contribution >= 4 is 5.57 Å². The summed E-state index contributed by atoms with van der Waals surface area (Å²) in [5.74, 6) is -1.09. The fraction of sp³-hybridized carbons (Fsp3) is 0.238. The van der Waals surface area contributed by atoms with Gasteiger partial charge < -0.3 is 0 Å². The lowest BCUT2D eigenvalue weighted by Gasteiger charge is -2.15. The van der Waals surface area contributed by atoms with Crippen molar-refractivity contribution in [3.8, 4) is 11.1 Å². The quantitative estimate of drug-likeness (QED) is 0.552. The Morgan fingerprint density at radius 2 is 1.42 bits per heavy atom. The number of rotatable bonds is 2. The van der Waals surface area contributed by atoms with Crippen LogP contribution in [0.5, 0.6) is 0 Å². The van der Waals surface area contributed by atoms with E-state index >= 15 is 0 Å². The molecule has 2 aromatic carbocycles. The molecule has 126 valence electrons. The average molecular weight is 330 g/mol. The molecule has 0 bridgehead atoms. The Hall–Kier alpha value is -2.29. The van der Waals surface area contributed by atoms with Crippen molar-refractivity contribution in [3.63, 3.8) is 0 Å². The zero-order valence-corrected chi connectivity index (χ0v) is 14.2. The van der Waals surface area contributed by atoms with Gasteiger partial charge in [-0.05, 0) is 60.7 Å². The smallest absolute Gasteiger partial charge is 0.131 e. The SMILES string of the molecule is CC.CC1=CC(F)=C(c2ccc(-c3ccc(F)cc3)c(F)c2)CC1. The molecule has 0 saturated carbocycles. The Bertz CT molecular complexity index is 768. The molecule has 24 heavy (non-hydrogen) atoms. The average Bonchev–Trinajstić information content (AvgIpc) is 2.58. The highest BCUT2D eigenvalue weighted by Gasteiger charge is 2.15. The van der Waals surface area contributed by atoms with E-state index < -0.39 is 5.82 Å². The first-order chi connectivity index (χ1) is 11.5. The highest BCUT2D eigenvalue weighted by atomic mass is 19.1. The molecule has 0 aliphatic heterocycles. The molecule has 2 aromatic rings. The summed E-state index contributed by atoms with van der Waals surface area (Å²) in [6.45, 7) is 5.88. The van der Waals surface area contributed by atoms with E-state index in [0.29, 0.717) is 28.7 Å². The standard InChI is InChI=1S/C19H15F3.C2H6/c1-12-2-8-17(18(21)10-12)14-5-9-16(19(22)11-14)13-3-6-15(20)7-4-13;1-2/h3-7,9-11H,2,8H2,1H3;1-2H3. The molecule has 0 aromatic heterocycles. The first-order valence-corrected chi connectivity index (χ1v) is 8.16. The van der Waals surface area contributed by atoms with E-state index in [1.54, 1.807) is 12.1 Å². The normalized spacial score (nSPS) is 14.0. The van der Waals surface area contributed by atoms with Gasteiger partial charge in [0, 0.05) is 5.56 Å². The topological polar surface area (TPSA) is 0 Å². The van der Waals surface area contributed by atoms with Crippen molar-refractivity contribution in [3.05, 3.63) is 77.1 Å². The summed E-state index contributed by atoms with van der Waals surface area (Å²) in [7, 11) is 0. The number of halogens is 3. The third kappa shape index (κ3) is 3.97. The first-order valence-electron chi connectivity index (χ1n) is 8.16. The molecule has 3 rings (SSSR count). The Labute approximate surface area is 141 Å². The van der Waals surface area contributed by atoms with Crippen molar-refractivity contribution in [2.75, 3.05) is 0 Å². The van der Waals surface area contributed by atoms with Crippen LogP contribution >= 0.6 is 0 Å². The predicted octanol–water partition coefficient (Wildman–Crippen LogP) is 7.08. The lowest BCUT2D eigenvalue weighted by Crippen LogP contribution is -1.96. The third-order valence-corrected chi connectivity index (χ3v) is 3.90. The second kappa shape index (κ2) is 8.00. The molecule has 0 spiro atoms. The van der Waals surface area contributed by atoms with Crippen LogP contribution in [-0.2, 0) is 0 Å². The summed E-state index contributed by atoms with van der Waals surface area (Å²) >= 11 is 0. The van der Waals surface area contributed by atoms with Gasteiger partial charge in [0.25, 0.3) is 0 Å². The zero-order valence-electron chi connectivity index (χ0n) is 14.2. The third-order valence-electron chi connectivity index (χ3n) is 3.90. The minimum atomic E-state index is -0.435. The van der Waals surface area contributed by atoms with Gasteiger partial charge in [0.1, 0.15) is 17.5 Å². The van der Waals surface area contributed by atoms with Gasteiger partial charge in [0.15, 0.2) is 0 Å². The number of allylic oxidation sites excluding steroid dienone is 4. The van der Waals surface area contributed by atoms with Crippen LogP contribution in [0.4, 0.5) is 13.2 Å². The maximum absolute atomic E-state index is 14.3. The Morgan fingerprint density at radius 1 is 0.792 bits per heavy atom. The van der Waals surface area contributed by atoms with E-state index in [0.717, 1.165) is 12.0 Å². The number of hydrogen-bond donors (Lipinski definition) is 0. The molecular weight excluding hydrogens is 309 g/mol. The van der Waals surface area contributed by atoms with Gasteiger partial charge in [0.2, 0.25) is 0 Å². The van der Waals surface area contributed by atoms with E-state index in [-0.39, 0.29) is 11.6 Å².